The Bertz CT molecular complexity index is 796. The Morgan fingerprint density at radius 1 is 0.560 bits per heavy atom. The maximum atomic E-state index is 12.8. The van der Waals surface area contributed by atoms with Crippen molar-refractivity contribution >= 4 is 48.9 Å². The second-order valence-electron chi connectivity index (χ2n) is 5.33. The van der Waals surface area contributed by atoms with Gasteiger partial charge in [0.25, 0.3) is 0 Å². The average molecular weight is 471 g/mol. The molecule has 0 amide bonds. The molecule has 6 heteroatoms. The third-order valence-corrected chi connectivity index (χ3v) is 4.68. The van der Waals surface area contributed by atoms with E-state index < -0.39 is 11.7 Å². The van der Waals surface area contributed by atoms with E-state index in [9.17, 15) is 13.2 Å². The lowest BCUT2D eigenvalue weighted by Crippen LogP contribution is -2.11. The fraction of sp³-hybridized carbons (Fsp3) is 0.0526. The van der Waals surface area contributed by atoms with E-state index in [2.05, 4.69) is 31.9 Å². The standard InChI is InChI=1S/C19H12Br2F3N/c20-14-3-9-17(10-4-14)25(18-11-5-15(21)6-12-18)16-7-1-13(2-8-16)19(22,23)24/h1-12H. The SMILES string of the molecule is FC(F)(F)c1ccc(N(c2ccc(Br)cc2)c2ccc(Br)cc2)cc1. The van der Waals surface area contributed by atoms with Gasteiger partial charge in [0.2, 0.25) is 0 Å². The molecule has 0 radical (unpaired) electrons. The molecule has 0 aliphatic carbocycles. The number of hydrogen-bond donors (Lipinski definition) is 0. The lowest BCUT2D eigenvalue weighted by Gasteiger charge is -2.26. The van der Waals surface area contributed by atoms with Crippen molar-refractivity contribution in [1.29, 1.82) is 0 Å². The van der Waals surface area contributed by atoms with Gasteiger partial charge in [-0.1, -0.05) is 31.9 Å². The molecule has 0 atom stereocenters. The van der Waals surface area contributed by atoms with Gasteiger partial charge in [-0.3, -0.25) is 0 Å². The molecular weight excluding hydrogens is 459 g/mol. The summed E-state index contributed by atoms with van der Waals surface area (Å²) in [4.78, 5) is 1.90. The largest absolute Gasteiger partial charge is 0.416 e. The average Bonchev–Trinajstić information content (AvgIpc) is 2.58. The molecule has 0 fully saturated rings. The maximum Gasteiger partial charge on any atom is 0.416 e. The van der Waals surface area contributed by atoms with Crippen LogP contribution in [0.1, 0.15) is 5.56 Å². The minimum Gasteiger partial charge on any atom is -0.311 e. The van der Waals surface area contributed by atoms with E-state index >= 15 is 0 Å². The number of halogens is 5. The molecule has 0 aromatic heterocycles. The van der Waals surface area contributed by atoms with Gasteiger partial charge in [-0.05, 0) is 72.8 Å². The smallest absolute Gasteiger partial charge is 0.311 e. The minimum atomic E-state index is -4.35. The third-order valence-electron chi connectivity index (χ3n) is 3.62. The highest BCUT2D eigenvalue weighted by atomic mass is 79.9. The Balaban J connectivity index is 2.07. The molecule has 0 aliphatic heterocycles. The van der Waals surface area contributed by atoms with Crippen molar-refractivity contribution in [3.8, 4) is 0 Å². The first-order valence-electron chi connectivity index (χ1n) is 7.33. The number of anilines is 3. The van der Waals surface area contributed by atoms with E-state index in [1.54, 1.807) is 0 Å². The van der Waals surface area contributed by atoms with Crippen molar-refractivity contribution in [2.24, 2.45) is 0 Å². The summed E-state index contributed by atoms with van der Waals surface area (Å²) in [7, 11) is 0. The molecule has 3 aromatic rings. The predicted octanol–water partition coefficient (Wildman–Crippen LogP) is 7.70. The Hall–Kier alpha value is -1.79. The van der Waals surface area contributed by atoms with E-state index in [1.165, 1.54) is 12.1 Å². The van der Waals surface area contributed by atoms with E-state index in [0.717, 1.165) is 32.5 Å². The molecule has 3 aromatic carbocycles. The van der Waals surface area contributed by atoms with Crippen LogP contribution in [0.25, 0.3) is 0 Å². The summed E-state index contributed by atoms with van der Waals surface area (Å²) in [6, 6.07) is 20.4. The molecule has 0 bridgehead atoms. The van der Waals surface area contributed by atoms with Crippen molar-refractivity contribution in [3.63, 3.8) is 0 Å². The molecule has 0 heterocycles. The molecule has 0 unspecified atom stereocenters. The third kappa shape index (κ3) is 4.25. The van der Waals surface area contributed by atoms with E-state index in [1.807, 2.05) is 53.4 Å². The van der Waals surface area contributed by atoms with Crippen molar-refractivity contribution in [2.75, 3.05) is 4.90 Å². The highest BCUT2D eigenvalue weighted by Gasteiger charge is 2.30. The molecule has 0 spiro atoms. The number of alkyl halides is 3. The van der Waals surface area contributed by atoms with Crippen molar-refractivity contribution in [2.45, 2.75) is 6.18 Å². The molecule has 0 N–H and O–H groups in total. The summed E-state index contributed by atoms with van der Waals surface area (Å²) in [6.45, 7) is 0. The van der Waals surface area contributed by atoms with Gasteiger partial charge in [0.1, 0.15) is 0 Å². The van der Waals surface area contributed by atoms with Gasteiger partial charge in [0.05, 0.1) is 5.56 Å². The van der Waals surface area contributed by atoms with Gasteiger partial charge in [0.15, 0.2) is 0 Å². The van der Waals surface area contributed by atoms with Crippen LogP contribution in [0, 0.1) is 0 Å². The highest BCUT2D eigenvalue weighted by molar-refractivity contribution is 9.10. The number of hydrogen-bond acceptors (Lipinski definition) is 1. The fourth-order valence-electron chi connectivity index (χ4n) is 2.43. The maximum absolute atomic E-state index is 12.8. The number of benzene rings is 3. The van der Waals surface area contributed by atoms with Gasteiger partial charge in [-0.25, -0.2) is 0 Å². The summed E-state index contributed by atoms with van der Waals surface area (Å²) < 4.78 is 40.4. The van der Waals surface area contributed by atoms with Gasteiger partial charge in [-0.15, -0.1) is 0 Å². The van der Waals surface area contributed by atoms with E-state index in [-0.39, 0.29) is 0 Å². The first kappa shape index (κ1) is 18.0. The predicted molar refractivity (Wildman–Crippen MR) is 102 cm³/mol. The Labute approximate surface area is 160 Å². The van der Waals surface area contributed by atoms with Crippen LogP contribution in [0.15, 0.2) is 81.7 Å². The van der Waals surface area contributed by atoms with E-state index in [0.29, 0.717) is 5.69 Å². The van der Waals surface area contributed by atoms with Gasteiger partial charge in [-0.2, -0.15) is 13.2 Å². The second kappa shape index (κ2) is 7.22. The lowest BCUT2D eigenvalue weighted by molar-refractivity contribution is -0.137. The zero-order chi connectivity index (χ0) is 18.0. The van der Waals surface area contributed by atoms with Crippen molar-refractivity contribution < 1.29 is 13.2 Å². The molecule has 0 aliphatic rings. The van der Waals surface area contributed by atoms with Crippen LogP contribution in [-0.4, -0.2) is 0 Å². The van der Waals surface area contributed by atoms with Gasteiger partial charge < -0.3 is 4.90 Å². The zero-order valence-corrected chi connectivity index (χ0v) is 15.9. The van der Waals surface area contributed by atoms with Gasteiger partial charge in [0, 0.05) is 26.0 Å². The monoisotopic (exact) mass is 469 g/mol. The topological polar surface area (TPSA) is 3.24 Å². The summed E-state index contributed by atoms with van der Waals surface area (Å²) in [5, 5.41) is 0. The highest BCUT2D eigenvalue weighted by Crippen LogP contribution is 2.37. The Morgan fingerprint density at radius 3 is 1.20 bits per heavy atom. The van der Waals surface area contributed by atoms with Crippen LogP contribution >= 0.6 is 31.9 Å². The molecule has 0 saturated heterocycles. The molecular formula is C19H12Br2F3N. The Morgan fingerprint density at radius 2 is 0.880 bits per heavy atom. The summed E-state index contributed by atoms with van der Waals surface area (Å²) in [6.07, 6.45) is -4.35. The van der Waals surface area contributed by atoms with Crippen LogP contribution in [-0.2, 0) is 6.18 Å². The summed E-state index contributed by atoms with van der Waals surface area (Å²) in [5.41, 5.74) is 1.69. The number of rotatable bonds is 3. The first-order chi connectivity index (χ1) is 11.8. The number of nitrogens with zero attached hydrogens (tertiary/aromatic N) is 1. The zero-order valence-electron chi connectivity index (χ0n) is 12.8. The second-order valence-corrected chi connectivity index (χ2v) is 7.16. The molecule has 128 valence electrons. The summed E-state index contributed by atoms with van der Waals surface area (Å²) >= 11 is 6.80. The molecule has 0 saturated carbocycles. The minimum absolute atomic E-state index is 0.651. The first-order valence-corrected chi connectivity index (χ1v) is 8.92. The van der Waals surface area contributed by atoms with Crippen LogP contribution in [0.4, 0.5) is 30.2 Å². The van der Waals surface area contributed by atoms with Crippen LogP contribution in [0.3, 0.4) is 0 Å². The Kier molecular flexibility index (Phi) is 5.20. The van der Waals surface area contributed by atoms with Crippen LogP contribution < -0.4 is 4.90 Å². The fourth-order valence-corrected chi connectivity index (χ4v) is 2.96. The summed E-state index contributed by atoms with van der Waals surface area (Å²) in [5.74, 6) is 0. The van der Waals surface area contributed by atoms with E-state index in [4.69, 9.17) is 0 Å². The quantitative estimate of drug-likeness (QED) is 0.379. The van der Waals surface area contributed by atoms with Crippen LogP contribution in [0.2, 0.25) is 0 Å². The lowest BCUT2D eigenvalue weighted by atomic mass is 10.1. The molecule has 25 heavy (non-hydrogen) atoms. The molecule has 1 nitrogen and oxygen atoms in total. The van der Waals surface area contributed by atoms with Crippen molar-refractivity contribution in [3.05, 3.63) is 87.3 Å². The molecule has 3 rings (SSSR count). The van der Waals surface area contributed by atoms with Gasteiger partial charge >= 0.3 is 6.18 Å². The van der Waals surface area contributed by atoms with Crippen LogP contribution in [0.5, 0.6) is 0 Å². The van der Waals surface area contributed by atoms with Crippen molar-refractivity contribution in [1.82, 2.24) is 0 Å². The normalized spacial score (nSPS) is 11.4.